The van der Waals surface area contributed by atoms with E-state index in [1.807, 2.05) is 50.2 Å². The fourth-order valence-electron chi connectivity index (χ4n) is 4.58. The molecule has 2 aromatic carbocycles. The van der Waals surface area contributed by atoms with Gasteiger partial charge < -0.3 is 14.1 Å². The van der Waals surface area contributed by atoms with Gasteiger partial charge in [-0.25, -0.2) is 0 Å². The lowest BCUT2D eigenvalue weighted by Crippen LogP contribution is -2.30. The average Bonchev–Trinajstić information content (AvgIpc) is 3.06. The van der Waals surface area contributed by atoms with E-state index in [-0.39, 0.29) is 17.1 Å². The van der Waals surface area contributed by atoms with Crippen molar-refractivity contribution in [2.24, 2.45) is 0 Å². The Kier molecular flexibility index (Phi) is 6.35. The molecule has 3 aromatic rings. The lowest BCUT2D eigenvalue weighted by Gasteiger charge is -2.25. The Balaban J connectivity index is 1.90. The molecule has 1 atom stereocenters. The third kappa shape index (κ3) is 3.92. The van der Waals surface area contributed by atoms with Gasteiger partial charge >= 0.3 is 0 Å². The van der Waals surface area contributed by atoms with Gasteiger partial charge in [0.1, 0.15) is 11.3 Å². The molecular weight excluding hydrogens is 402 g/mol. The fraction of sp³-hybridized carbons (Fsp3) is 0.407. The Morgan fingerprint density at radius 3 is 2.59 bits per heavy atom. The molecule has 4 rings (SSSR count). The molecular formula is C27H31NO4. The number of unbranched alkanes of at least 4 members (excludes halogenated alkanes) is 2. The Morgan fingerprint density at radius 1 is 1.03 bits per heavy atom. The first kappa shape index (κ1) is 22.1. The minimum atomic E-state index is -0.471. The van der Waals surface area contributed by atoms with Crippen molar-refractivity contribution in [2.75, 3.05) is 13.2 Å². The molecule has 0 aliphatic carbocycles. The van der Waals surface area contributed by atoms with E-state index < -0.39 is 6.04 Å². The maximum absolute atomic E-state index is 13.7. The number of carbonyl (C=O) groups excluding carboxylic acids is 1. The van der Waals surface area contributed by atoms with Crippen molar-refractivity contribution in [3.05, 3.63) is 74.6 Å². The predicted octanol–water partition coefficient (Wildman–Crippen LogP) is 5.93. The van der Waals surface area contributed by atoms with Gasteiger partial charge in [-0.15, -0.1) is 0 Å². The van der Waals surface area contributed by atoms with E-state index in [1.54, 1.807) is 4.90 Å². The molecule has 0 saturated carbocycles. The zero-order chi connectivity index (χ0) is 22.8. The predicted molar refractivity (Wildman–Crippen MR) is 127 cm³/mol. The summed E-state index contributed by atoms with van der Waals surface area (Å²) in [7, 11) is 0. The number of hydrogen-bond acceptors (Lipinski definition) is 4. The van der Waals surface area contributed by atoms with Gasteiger partial charge in [0, 0.05) is 6.54 Å². The van der Waals surface area contributed by atoms with Crippen LogP contribution in [0.15, 0.2) is 45.6 Å². The van der Waals surface area contributed by atoms with Crippen molar-refractivity contribution in [1.82, 2.24) is 4.90 Å². The normalized spacial score (nSPS) is 15.4. The van der Waals surface area contributed by atoms with Gasteiger partial charge in [-0.3, -0.25) is 9.59 Å². The zero-order valence-corrected chi connectivity index (χ0v) is 19.4. The van der Waals surface area contributed by atoms with Crippen LogP contribution in [0.1, 0.15) is 78.4 Å². The van der Waals surface area contributed by atoms with E-state index in [4.69, 9.17) is 9.15 Å². The molecule has 1 aliphatic heterocycles. The van der Waals surface area contributed by atoms with Crippen LogP contribution in [0.25, 0.3) is 11.0 Å². The van der Waals surface area contributed by atoms with Gasteiger partial charge in [-0.1, -0.05) is 44.9 Å². The highest BCUT2D eigenvalue weighted by molar-refractivity contribution is 5.99. The van der Waals surface area contributed by atoms with Crippen LogP contribution in [0.5, 0.6) is 5.75 Å². The molecule has 1 unspecified atom stereocenters. The van der Waals surface area contributed by atoms with Crippen LogP contribution in [0.4, 0.5) is 0 Å². The highest BCUT2D eigenvalue weighted by Crippen LogP contribution is 2.39. The van der Waals surface area contributed by atoms with Crippen LogP contribution in [-0.4, -0.2) is 24.0 Å². The van der Waals surface area contributed by atoms with Crippen molar-refractivity contribution >= 4 is 16.9 Å². The molecule has 0 N–H and O–H groups in total. The first-order chi connectivity index (χ1) is 15.5. The second-order valence-corrected chi connectivity index (χ2v) is 8.66. The number of fused-ring (bicyclic) bond motifs is 2. The van der Waals surface area contributed by atoms with Crippen LogP contribution in [0, 0.1) is 13.8 Å². The van der Waals surface area contributed by atoms with Crippen molar-refractivity contribution in [2.45, 2.75) is 59.4 Å². The van der Waals surface area contributed by atoms with Crippen molar-refractivity contribution < 1.29 is 13.9 Å². The zero-order valence-electron chi connectivity index (χ0n) is 19.4. The van der Waals surface area contributed by atoms with Crippen molar-refractivity contribution in [1.29, 1.82) is 0 Å². The van der Waals surface area contributed by atoms with Gasteiger partial charge in [-0.05, 0) is 61.6 Å². The molecule has 5 nitrogen and oxygen atoms in total. The standard InChI is InChI=1S/C27H31NO4/c1-5-7-8-12-28-23(19-10-9-11-20(16-19)31-13-6-2)22-24(29)21-15-17(3)14-18(4)25(21)32-26(22)27(28)30/h9-11,14-16,23H,5-8,12-13H2,1-4H3. The van der Waals surface area contributed by atoms with Crippen LogP contribution >= 0.6 is 0 Å². The Bertz CT molecular complexity index is 1210. The third-order valence-corrected chi connectivity index (χ3v) is 6.05. The number of amides is 1. The molecule has 1 amide bonds. The average molecular weight is 434 g/mol. The van der Waals surface area contributed by atoms with Crippen LogP contribution < -0.4 is 10.2 Å². The van der Waals surface area contributed by atoms with E-state index in [9.17, 15) is 9.59 Å². The SMILES string of the molecule is CCCCCN1C(=O)c2oc3c(C)cc(C)cc3c(=O)c2C1c1cccc(OCCC)c1. The minimum absolute atomic E-state index is 0.121. The number of benzene rings is 2. The largest absolute Gasteiger partial charge is 0.494 e. The highest BCUT2D eigenvalue weighted by atomic mass is 16.5. The molecule has 0 fully saturated rings. The molecule has 168 valence electrons. The Labute approximate surface area is 189 Å². The van der Waals surface area contributed by atoms with Gasteiger partial charge in [0.2, 0.25) is 5.76 Å². The van der Waals surface area contributed by atoms with E-state index in [0.29, 0.717) is 29.7 Å². The van der Waals surface area contributed by atoms with E-state index in [2.05, 4.69) is 13.8 Å². The van der Waals surface area contributed by atoms with E-state index in [1.165, 1.54) is 0 Å². The van der Waals surface area contributed by atoms with Gasteiger partial charge in [0.15, 0.2) is 5.43 Å². The van der Waals surface area contributed by atoms with Crippen LogP contribution in [-0.2, 0) is 0 Å². The molecule has 0 spiro atoms. The number of aryl methyl sites for hydroxylation is 2. The van der Waals surface area contributed by atoms with Gasteiger partial charge in [0.25, 0.3) is 5.91 Å². The maximum atomic E-state index is 13.7. The third-order valence-electron chi connectivity index (χ3n) is 6.05. The summed E-state index contributed by atoms with van der Waals surface area (Å²) in [6, 6.07) is 11.1. The number of rotatable bonds is 8. The highest BCUT2D eigenvalue weighted by Gasteiger charge is 2.42. The summed E-state index contributed by atoms with van der Waals surface area (Å²) in [5.74, 6) is 0.714. The second kappa shape index (κ2) is 9.19. The number of nitrogens with zero attached hydrogens (tertiary/aromatic N) is 1. The second-order valence-electron chi connectivity index (χ2n) is 8.66. The lowest BCUT2D eigenvalue weighted by molar-refractivity contribution is 0.0724. The molecule has 0 bridgehead atoms. The quantitative estimate of drug-likeness (QED) is 0.413. The molecule has 5 heteroatoms. The number of carbonyl (C=O) groups is 1. The molecule has 0 radical (unpaired) electrons. The fourth-order valence-corrected chi connectivity index (χ4v) is 4.58. The summed E-state index contributed by atoms with van der Waals surface area (Å²) in [5.41, 5.74) is 3.56. The van der Waals surface area contributed by atoms with Gasteiger partial charge in [-0.2, -0.15) is 0 Å². The van der Waals surface area contributed by atoms with Crippen molar-refractivity contribution in [3.8, 4) is 5.75 Å². The van der Waals surface area contributed by atoms with E-state index in [0.717, 1.165) is 48.1 Å². The first-order valence-electron chi connectivity index (χ1n) is 11.6. The summed E-state index contributed by atoms with van der Waals surface area (Å²) < 4.78 is 12.0. The Hall–Kier alpha value is -3.08. The summed E-state index contributed by atoms with van der Waals surface area (Å²) in [5, 5.41) is 0.535. The summed E-state index contributed by atoms with van der Waals surface area (Å²) >= 11 is 0. The molecule has 32 heavy (non-hydrogen) atoms. The maximum Gasteiger partial charge on any atom is 0.290 e. The summed E-state index contributed by atoms with van der Waals surface area (Å²) in [6.45, 7) is 9.27. The Morgan fingerprint density at radius 2 is 1.84 bits per heavy atom. The molecule has 2 heterocycles. The van der Waals surface area contributed by atoms with Crippen LogP contribution in [0.2, 0.25) is 0 Å². The summed E-state index contributed by atoms with van der Waals surface area (Å²) in [6.07, 6.45) is 3.87. The number of hydrogen-bond donors (Lipinski definition) is 0. The lowest BCUT2D eigenvalue weighted by atomic mass is 9.97. The topological polar surface area (TPSA) is 59.8 Å². The molecule has 1 aromatic heterocycles. The monoisotopic (exact) mass is 433 g/mol. The van der Waals surface area contributed by atoms with Crippen LogP contribution in [0.3, 0.4) is 0 Å². The minimum Gasteiger partial charge on any atom is -0.494 e. The van der Waals surface area contributed by atoms with E-state index >= 15 is 0 Å². The smallest absolute Gasteiger partial charge is 0.290 e. The van der Waals surface area contributed by atoms with Crippen molar-refractivity contribution in [3.63, 3.8) is 0 Å². The summed E-state index contributed by atoms with van der Waals surface area (Å²) in [4.78, 5) is 29.0. The van der Waals surface area contributed by atoms with Gasteiger partial charge in [0.05, 0.1) is 23.6 Å². The number of ether oxygens (including phenoxy) is 1. The molecule has 1 aliphatic rings. The molecule has 0 saturated heterocycles. The first-order valence-corrected chi connectivity index (χ1v) is 11.6.